The minimum Gasteiger partial charge on any atom is -0.350 e. The van der Waals surface area contributed by atoms with E-state index in [1.165, 1.54) is 6.92 Å². The standard InChI is InChI=1S/C17H18N2O2/c1-13(20)19-16(15-10-6-3-7-11-15)17(21)18-12-14-8-4-2-5-9-14/h2-11,16H,12H2,1H3,(H,18,21)(H,19,20)/t16-/m1/s1. The molecule has 0 aliphatic heterocycles. The Bertz CT molecular complexity index is 597. The SMILES string of the molecule is CC(=O)N[C@@H](C(=O)NCc1ccccc1)c1ccccc1. The third-order valence-electron chi connectivity index (χ3n) is 3.05. The Morgan fingerprint density at radius 1 is 0.952 bits per heavy atom. The number of amides is 2. The maximum Gasteiger partial charge on any atom is 0.247 e. The molecule has 0 aliphatic rings. The first kappa shape index (κ1) is 14.8. The van der Waals surface area contributed by atoms with Crippen molar-refractivity contribution < 1.29 is 9.59 Å². The molecule has 0 bridgehead atoms. The molecule has 0 radical (unpaired) electrons. The minimum atomic E-state index is -0.674. The van der Waals surface area contributed by atoms with Crippen LogP contribution >= 0.6 is 0 Å². The van der Waals surface area contributed by atoms with E-state index in [2.05, 4.69) is 10.6 Å². The van der Waals surface area contributed by atoms with E-state index in [-0.39, 0.29) is 11.8 Å². The summed E-state index contributed by atoms with van der Waals surface area (Å²) in [6.45, 7) is 1.84. The molecule has 2 rings (SSSR count). The zero-order valence-corrected chi connectivity index (χ0v) is 11.9. The first-order valence-electron chi connectivity index (χ1n) is 6.80. The zero-order valence-electron chi connectivity index (χ0n) is 11.9. The summed E-state index contributed by atoms with van der Waals surface area (Å²) in [7, 11) is 0. The summed E-state index contributed by atoms with van der Waals surface area (Å²) in [6.07, 6.45) is 0. The van der Waals surface area contributed by atoms with Gasteiger partial charge in [0.25, 0.3) is 0 Å². The van der Waals surface area contributed by atoms with Crippen LogP contribution in [0.15, 0.2) is 60.7 Å². The molecule has 2 aromatic carbocycles. The summed E-state index contributed by atoms with van der Waals surface area (Å²) in [4.78, 5) is 23.6. The fourth-order valence-electron chi connectivity index (χ4n) is 2.04. The Kier molecular flexibility index (Phi) is 5.10. The molecule has 0 unspecified atom stereocenters. The molecule has 0 saturated heterocycles. The van der Waals surface area contributed by atoms with E-state index in [1.54, 1.807) is 0 Å². The fraction of sp³-hybridized carbons (Fsp3) is 0.176. The summed E-state index contributed by atoms with van der Waals surface area (Å²) in [5.74, 6) is -0.459. The van der Waals surface area contributed by atoms with Gasteiger partial charge < -0.3 is 10.6 Å². The van der Waals surface area contributed by atoms with Crippen LogP contribution in [0.4, 0.5) is 0 Å². The molecule has 2 amide bonds. The second-order valence-corrected chi connectivity index (χ2v) is 4.75. The van der Waals surface area contributed by atoms with Crippen LogP contribution in [-0.2, 0) is 16.1 Å². The van der Waals surface area contributed by atoms with Crippen LogP contribution in [0.1, 0.15) is 24.1 Å². The predicted octanol–water partition coefficient (Wildman–Crippen LogP) is 2.18. The van der Waals surface area contributed by atoms with E-state index in [4.69, 9.17) is 0 Å². The molecule has 0 heterocycles. The van der Waals surface area contributed by atoms with Crippen molar-refractivity contribution in [2.24, 2.45) is 0 Å². The van der Waals surface area contributed by atoms with Gasteiger partial charge in [-0.15, -0.1) is 0 Å². The molecule has 108 valence electrons. The zero-order chi connectivity index (χ0) is 15.1. The second kappa shape index (κ2) is 7.24. The maximum absolute atomic E-state index is 12.3. The monoisotopic (exact) mass is 282 g/mol. The van der Waals surface area contributed by atoms with E-state index in [0.717, 1.165) is 11.1 Å². The van der Waals surface area contributed by atoms with E-state index in [0.29, 0.717) is 6.54 Å². The molecule has 0 fully saturated rings. The van der Waals surface area contributed by atoms with E-state index in [9.17, 15) is 9.59 Å². The second-order valence-electron chi connectivity index (χ2n) is 4.75. The van der Waals surface area contributed by atoms with Gasteiger partial charge in [-0.2, -0.15) is 0 Å². The molecule has 4 nitrogen and oxygen atoms in total. The molecular weight excluding hydrogens is 264 g/mol. The number of benzene rings is 2. The highest BCUT2D eigenvalue weighted by Gasteiger charge is 2.20. The van der Waals surface area contributed by atoms with Crippen molar-refractivity contribution in [3.05, 3.63) is 71.8 Å². The first-order chi connectivity index (χ1) is 10.2. The number of rotatable bonds is 5. The average Bonchev–Trinajstić information content (AvgIpc) is 2.52. The molecule has 2 N–H and O–H groups in total. The van der Waals surface area contributed by atoms with E-state index >= 15 is 0 Å². The third-order valence-corrected chi connectivity index (χ3v) is 3.05. The van der Waals surface area contributed by atoms with Gasteiger partial charge in [-0.25, -0.2) is 0 Å². The maximum atomic E-state index is 12.3. The third kappa shape index (κ3) is 4.45. The lowest BCUT2D eigenvalue weighted by atomic mass is 10.1. The number of hydrogen-bond acceptors (Lipinski definition) is 2. The number of carbonyl (C=O) groups is 2. The summed E-state index contributed by atoms with van der Waals surface area (Å²) >= 11 is 0. The van der Waals surface area contributed by atoms with Gasteiger partial charge in [0.1, 0.15) is 6.04 Å². The Labute approximate surface area is 124 Å². The number of hydrogen-bond donors (Lipinski definition) is 2. The summed E-state index contributed by atoms with van der Waals surface area (Å²) in [6, 6.07) is 18.2. The first-order valence-corrected chi connectivity index (χ1v) is 6.80. The highest BCUT2D eigenvalue weighted by atomic mass is 16.2. The molecule has 2 aromatic rings. The molecular formula is C17H18N2O2. The summed E-state index contributed by atoms with van der Waals surface area (Å²) in [5, 5.41) is 5.53. The topological polar surface area (TPSA) is 58.2 Å². The smallest absolute Gasteiger partial charge is 0.247 e. The quantitative estimate of drug-likeness (QED) is 0.883. The molecule has 4 heteroatoms. The van der Waals surface area contributed by atoms with Crippen LogP contribution in [0.5, 0.6) is 0 Å². The molecule has 0 spiro atoms. The normalized spacial score (nSPS) is 11.5. The summed E-state index contributed by atoms with van der Waals surface area (Å²) < 4.78 is 0. The van der Waals surface area contributed by atoms with Crippen LogP contribution < -0.4 is 10.6 Å². The van der Waals surface area contributed by atoms with Crippen LogP contribution in [0.25, 0.3) is 0 Å². The van der Waals surface area contributed by atoms with Crippen molar-refractivity contribution in [1.82, 2.24) is 10.6 Å². The van der Waals surface area contributed by atoms with Crippen molar-refractivity contribution in [1.29, 1.82) is 0 Å². The lowest BCUT2D eigenvalue weighted by molar-refractivity contribution is -0.128. The van der Waals surface area contributed by atoms with Crippen molar-refractivity contribution in [3.8, 4) is 0 Å². The van der Waals surface area contributed by atoms with Crippen LogP contribution in [0.2, 0.25) is 0 Å². The van der Waals surface area contributed by atoms with Gasteiger partial charge in [0.05, 0.1) is 0 Å². The lowest BCUT2D eigenvalue weighted by Crippen LogP contribution is -2.39. The molecule has 0 aromatic heterocycles. The van der Waals surface area contributed by atoms with Gasteiger partial charge in [-0.1, -0.05) is 60.7 Å². The number of carbonyl (C=O) groups excluding carboxylic acids is 2. The predicted molar refractivity (Wildman–Crippen MR) is 81.3 cm³/mol. The average molecular weight is 282 g/mol. The van der Waals surface area contributed by atoms with Gasteiger partial charge in [-0.3, -0.25) is 9.59 Å². The Morgan fingerprint density at radius 3 is 2.10 bits per heavy atom. The van der Waals surface area contributed by atoms with Gasteiger partial charge >= 0.3 is 0 Å². The lowest BCUT2D eigenvalue weighted by Gasteiger charge is -2.18. The van der Waals surface area contributed by atoms with Crippen LogP contribution in [0, 0.1) is 0 Å². The van der Waals surface area contributed by atoms with Crippen molar-refractivity contribution in [3.63, 3.8) is 0 Å². The largest absolute Gasteiger partial charge is 0.350 e. The molecule has 0 aliphatic carbocycles. The summed E-state index contributed by atoms with van der Waals surface area (Å²) in [5.41, 5.74) is 1.78. The van der Waals surface area contributed by atoms with Gasteiger partial charge in [0.15, 0.2) is 0 Å². The highest BCUT2D eigenvalue weighted by Crippen LogP contribution is 2.13. The molecule has 0 saturated carbocycles. The van der Waals surface area contributed by atoms with Crippen molar-refractivity contribution in [2.75, 3.05) is 0 Å². The highest BCUT2D eigenvalue weighted by molar-refractivity contribution is 5.87. The van der Waals surface area contributed by atoms with Crippen LogP contribution in [-0.4, -0.2) is 11.8 Å². The Hall–Kier alpha value is -2.62. The molecule has 1 atom stereocenters. The van der Waals surface area contributed by atoms with Gasteiger partial charge in [-0.05, 0) is 11.1 Å². The number of nitrogens with one attached hydrogen (secondary N) is 2. The van der Waals surface area contributed by atoms with E-state index in [1.807, 2.05) is 60.7 Å². The van der Waals surface area contributed by atoms with Crippen molar-refractivity contribution in [2.45, 2.75) is 19.5 Å². The van der Waals surface area contributed by atoms with Crippen molar-refractivity contribution >= 4 is 11.8 Å². The Balaban J connectivity index is 2.06. The Morgan fingerprint density at radius 2 is 1.52 bits per heavy atom. The fourth-order valence-corrected chi connectivity index (χ4v) is 2.04. The van der Waals surface area contributed by atoms with Gasteiger partial charge in [0.2, 0.25) is 11.8 Å². The molecule has 21 heavy (non-hydrogen) atoms. The van der Waals surface area contributed by atoms with Gasteiger partial charge in [0, 0.05) is 13.5 Å². The minimum absolute atomic E-state index is 0.222. The van der Waals surface area contributed by atoms with Crippen LogP contribution in [0.3, 0.4) is 0 Å². The van der Waals surface area contributed by atoms with E-state index < -0.39 is 6.04 Å².